The van der Waals surface area contributed by atoms with E-state index in [-0.39, 0.29) is 17.4 Å². The van der Waals surface area contributed by atoms with Gasteiger partial charge in [0.2, 0.25) is 5.91 Å². The molecule has 1 aliphatic heterocycles. The molecule has 1 aromatic carbocycles. The second kappa shape index (κ2) is 7.48. The van der Waals surface area contributed by atoms with Crippen LogP contribution < -0.4 is 5.32 Å². The fourth-order valence-corrected chi connectivity index (χ4v) is 3.58. The van der Waals surface area contributed by atoms with Gasteiger partial charge in [0.05, 0.1) is 10.4 Å². The third-order valence-corrected chi connectivity index (χ3v) is 5.07. The summed E-state index contributed by atoms with van der Waals surface area (Å²) in [5.74, 6) is -1.26. The number of amides is 2. The highest BCUT2D eigenvalue weighted by Gasteiger charge is 2.34. The van der Waals surface area contributed by atoms with Crippen molar-refractivity contribution < 1.29 is 19.5 Å². The van der Waals surface area contributed by atoms with Gasteiger partial charge in [-0.2, -0.15) is 0 Å². The lowest BCUT2D eigenvalue weighted by atomic mass is 10.1. The summed E-state index contributed by atoms with van der Waals surface area (Å²) in [5.41, 5.74) is 1.02. The van der Waals surface area contributed by atoms with Gasteiger partial charge in [0.1, 0.15) is 6.04 Å². The van der Waals surface area contributed by atoms with E-state index in [9.17, 15) is 14.4 Å². The highest BCUT2D eigenvalue weighted by Crippen LogP contribution is 2.22. The molecule has 0 bridgehead atoms. The maximum Gasteiger partial charge on any atom is 0.335 e. The Hall–Kier alpha value is -2.67. The van der Waals surface area contributed by atoms with E-state index in [1.54, 1.807) is 23.1 Å². The van der Waals surface area contributed by atoms with Gasteiger partial charge in [-0.05, 0) is 42.0 Å². The fourth-order valence-electron chi connectivity index (χ4n) is 2.90. The molecule has 1 fully saturated rings. The summed E-state index contributed by atoms with van der Waals surface area (Å²) in [7, 11) is 0. The number of carbonyl (C=O) groups excluding carboxylic acids is 2. The number of carboxylic acids is 1. The van der Waals surface area contributed by atoms with Gasteiger partial charge in [0.15, 0.2) is 0 Å². The lowest BCUT2D eigenvalue weighted by molar-refractivity contribution is -0.125. The van der Waals surface area contributed by atoms with E-state index in [1.807, 2.05) is 11.4 Å². The molecular formula is C18H18N2O4S. The first-order valence-corrected chi connectivity index (χ1v) is 8.88. The number of nitrogens with one attached hydrogen (secondary N) is 1. The van der Waals surface area contributed by atoms with Crippen molar-refractivity contribution in [1.82, 2.24) is 10.2 Å². The molecule has 1 atom stereocenters. The zero-order chi connectivity index (χ0) is 17.8. The molecule has 130 valence electrons. The average Bonchev–Trinajstić information content (AvgIpc) is 3.30. The van der Waals surface area contributed by atoms with Crippen LogP contribution in [0.4, 0.5) is 0 Å². The summed E-state index contributed by atoms with van der Waals surface area (Å²) in [6, 6.07) is 9.50. The first-order chi connectivity index (χ1) is 12.1. The van der Waals surface area contributed by atoms with Crippen molar-refractivity contribution in [2.24, 2.45) is 0 Å². The number of hydrogen-bond donors (Lipinski definition) is 2. The molecule has 2 heterocycles. The first-order valence-electron chi connectivity index (χ1n) is 8.00. The second-order valence-electron chi connectivity index (χ2n) is 5.85. The minimum absolute atomic E-state index is 0.0986. The van der Waals surface area contributed by atoms with E-state index in [1.165, 1.54) is 23.5 Å². The maximum atomic E-state index is 12.5. The molecule has 0 aliphatic carbocycles. The Bertz CT molecular complexity index is 771. The van der Waals surface area contributed by atoms with E-state index in [4.69, 9.17) is 5.11 Å². The van der Waals surface area contributed by atoms with Crippen LogP contribution >= 0.6 is 11.3 Å². The number of hydrogen-bond acceptors (Lipinski definition) is 4. The van der Waals surface area contributed by atoms with Crippen molar-refractivity contribution in [1.29, 1.82) is 0 Å². The number of carbonyl (C=O) groups is 3. The fraction of sp³-hybridized carbons (Fsp3) is 0.278. The topological polar surface area (TPSA) is 86.7 Å². The average molecular weight is 358 g/mol. The number of carboxylic acid groups (broad SMARTS) is 1. The van der Waals surface area contributed by atoms with Gasteiger partial charge >= 0.3 is 5.97 Å². The minimum Gasteiger partial charge on any atom is -0.478 e. The Balaban J connectivity index is 1.60. The van der Waals surface area contributed by atoms with Crippen molar-refractivity contribution in [3.63, 3.8) is 0 Å². The molecule has 2 N–H and O–H groups in total. The molecule has 1 saturated heterocycles. The highest BCUT2D eigenvalue weighted by atomic mass is 32.1. The molecular weight excluding hydrogens is 340 g/mol. The SMILES string of the molecule is O=C(O)c1ccc(CNC(=O)C2CCCN2C(=O)c2cccs2)cc1. The molecule has 0 saturated carbocycles. The molecule has 0 spiro atoms. The summed E-state index contributed by atoms with van der Waals surface area (Å²) in [5, 5.41) is 13.6. The van der Waals surface area contributed by atoms with Crippen LogP contribution in [0.25, 0.3) is 0 Å². The second-order valence-corrected chi connectivity index (χ2v) is 6.80. The van der Waals surface area contributed by atoms with Gasteiger partial charge in [-0.25, -0.2) is 4.79 Å². The monoisotopic (exact) mass is 358 g/mol. The van der Waals surface area contributed by atoms with Crippen LogP contribution in [-0.2, 0) is 11.3 Å². The molecule has 2 amide bonds. The van der Waals surface area contributed by atoms with Crippen LogP contribution in [0, 0.1) is 0 Å². The standard InChI is InChI=1S/C18H18N2O4S/c21-16(19-11-12-5-7-13(8-6-12)18(23)24)14-3-1-9-20(14)17(22)15-4-2-10-25-15/h2,4-8,10,14H,1,3,9,11H2,(H,19,21)(H,23,24). The predicted molar refractivity (Wildman–Crippen MR) is 93.6 cm³/mol. The molecule has 1 unspecified atom stereocenters. The van der Waals surface area contributed by atoms with Crippen LogP contribution in [0.2, 0.25) is 0 Å². The van der Waals surface area contributed by atoms with E-state index in [0.29, 0.717) is 24.4 Å². The number of rotatable bonds is 5. The number of aromatic carboxylic acids is 1. The summed E-state index contributed by atoms with van der Waals surface area (Å²) in [6.07, 6.45) is 1.46. The molecule has 1 aliphatic rings. The van der Waals surface area contributed by atoms with Crippen molar-refractivity contribution >= 4 is 29.1 Å². The van der Waals surface area contributed by atoms with Gasteiger partial charge < -0.3 is 15.3 Å². The molecule has 6 nitrogen and oxygen atoms in total. The van der Waals surface area contributed by atoms with E-state index < -0.39 is 12.0 Å². The summed E-state index contributed by atoms with van der Waals surface area (Å²) in [4.78, 5) is 38.1. The first kappa shape index (κ1) is 17.2. The Morgan fingerprint density at radius 1 is 1.20 bits per heavy atom. The third kappa shape index (κ3) is 3.88. The molecule has 2 aromatic rings. The maximum absolute atomic E-state index is 12.5. The van der Waals surface area contributed by atoms with E-state index >= 15 is 0 Å². The number of thiophene rings is 1. The van der Waals surface area contributed by atoms with Crippen LogP contribution in [0.3, 0.4) is 0 Å². The Kier molecular flexibility index (Phi) is 5.14. The quantitative estimate of drug-likeness (QED) is 0.859. The lowest BCUT2D eigenvalue weighted by Crippen LogP contribution is -2.45. The minimum atomic E-state index is -0.982. The van der Waals surface area contributed by atoms with Crippen molar-refractivity contribution in [3.05, 3.63) is 57.8 Å². The smallest absolute Gasteiger partial charge is 0.335 e. The third-order valence-electron chi connectivity index (χ3n) is 4.22. The van der Waals surface area contributed by atoms with Crippen LogP contribution in [-0.4, -0.2) is 40.4 Å². The van der Waals surface area contributed by atoms with Crippen LogP contribution in [0.1, 0.15) is 38.4 Å². The van der Waals surface area contributed by atoms with Gasteiger partial charge in [0.25, 0.3) is 5.91 Å². The zero-order valence-electron chi connectivity index (χ0n) is 13.5. The largest absolute Gasteiger partial charge is 0.478 e. The van der Waals surface area contributed by atoms with Crippen molar-refractivity contribution in [2.45, 2.75) is 25.4 Å². The van der Waals surface area contributed by atoms with Gasteiger partial charge in [-0.15, -0.1) is 11.3 Å². The number of benzene rings is 1. The molecule has 1 aromatic heterocycles. The number of likely N-dealkylation sites (tertiary alicyclic amines) is 1. The van der Waals surface area contributed by atoms with Crippen LogP contribution in [0.15, 0.2) is 41.8 Å². The van der Waals surface area contributed by atoms with Gasteiger partial charge in [-0.1, -0.05) is 18.2 Å². The number of nitrogens with zero attached hydrogens (tertiary/aromatic N) is 1. The normalized spacial score (nSPS) is 16.6. The Labute approximate surface area is 149 Å². The molecule has 3 rings (SSSR count). The van der Waals surface area contributed by atoms with Gasteiger partial charge in [0, 0.05) is 13.1 Å². The predicted octanol–water partition coefficient (Wildman–Crippen LogP) is 2.37. The Morgan fingerprint density at radius 2 is 1.96 bits per heavy atom. The Morgan fingerprint density at radius 3 is 2.60 bits per heavy atom. The van der Waals surface area contributed by atoms with Gasteiger partial charge in [-0.3, -0.25) is 9.59 Å². The highest BCUT2D eigenvalue weighted by molar-refractivity contribution is 7.12. The van der Waals surface area contributed by atoms with Crippen LogP contribution in [0.5, 0.6) is 0 Å². The molecule has 7 heteroatoms. The molecule has 0 radical (unpaired) electrons. The summed E-state index contributed by atoms with van der Waals surface area (Å²) < 4.78 is 0. The van der Waals surface area contributed by atoms with Crippen molar-refractivity contribution in [3.8, 4) is 0 Å². The van der Waals surface area contributed by atoms with E-state index in [2.05, 4.69) is 5.32 Å². The van der Waals surface area contributed by atoms with Crippen molar-refractivity contribution in [2.75, 3.05) is 6.54 Å². The zero-order valence-corrected chi connectivity index (χ0v) is 14.3. The summed E-state index contributed by atoms with van der Waals surface area (Å²) in [6.45, 7) is 0.887. The lowest BCUT2D eigenvalue weighted by Gasteiger charge is -2.23. The summed E-state index contributed by atoms with van der Waals surface area (Å²) >= 11 is 1.37. The molecule has 25 heavy (non-hydrogen) atoms. The van der Waals surface area contributed by atoms with E-state index in [0.717, 1.165) is 12.0 Å².